The fourth-order valence-corrected chi connectivity index (χ4v) is 2.07. The van der Waals surface area contributed by atoms with Crippen molar-refractivity contribution in [1.82, 2.24) is 0 Å². The summed E-state index contributed by atoms with van der Waals surface area (Å²) in [5.41, 5.74) is 9.20. The van der Waals surface area contributed by atoms with E-state index in [1.165, 1.54) is 0 Å². The summed E-state index contributed by atoms with van der Waals surface area (Å²) in [6, 6.07) is 7.84. The number of nitriles is 1. The molecule has 0 fully saturated rings. The first-order valence-electron chi connectivity index (χ1n) is 4.90. The molecule has 1 aromatic rings. The summed E-state index contributed by atoms with van der Waals surface area (Å²) < 4.78 is 0. The number of nitrogens with two attached hydrogens (primary N) is 1. The molecule has 0 saturated heterocycles. The lowest BCUT2D eigenvalue weighted by Gasteiger charge is -2.06. The predicted molar refractivity (Wildman–Crippen MR) is 61.1 cm³/mol. The molecule has 0 heterocycles. The first kappa shape index (κ1) is 10.1. The minimum Gasteiger partial charge on any atom is -0.401 e. The summed E-state index contributed by atoms with van der Waals surface area (Å²) in [4.78, 5) is 0. The maximum atomic E-state index is 9.09. The Bertz CT molecular complexity index is 469. The summed E-state index contributed by atoms with van der Waals surface area (Å²) in [5.74, 6) is 0. The van der Waals surface area contributed by atoms with Crippen LogP contribution in [0.3, 0.4) is 0 Å². The number of hydrogen-bond acceptors (Lipinski definition) is 2. The minimum atomic E-state index is 0.588. The largest absolute Gasteiger partial charge is 0.401 e. The van der Waals surface area contributed by atoms with Crippen LogP contribution in [0.2, 0.25) is 5.02 Å². The van der Waals surface area contributed by atoms with Gasteiger partial charge in [0.05, 0.1) is 5.57 Å². The topological polar surface area (TPSA) is 49.8 Å². The average molecular weight is 219 g/mol. The molecular weight excluding hydrogens is 208 g/mol. The Morgan fingerprint density at radius 2 is 2.13 bits per heavy atom. The monoisotopic (exact) mass is 218 g/mol. The van der Waals surface area contributed by atoms with Crippen molar-refractivity contribution in [3.05, 3.63) is 40.0 Å². The van der Waals surface area contributed by atoms with Gasteiger partial charge in [-0.25, -0.2) is 0 Å². The van der Waals surface area contributed by atoms with Crippen LogP contribution in [0.5, 0.6) is 0 Å². The molecule has 0 spiro atoms. The molecule has 1 aliphatic rings. The first-order valence-corrected chi connectivity index (χ1v) is 5.27. The molecule has 0 saturated carbocycles. The van der Waals surface area contributed by atoms with Crippen LogP contribution in [0.4, 0.5) is 0 Å². The van der Waals surface area contributed by atoms with Crippen molar-refractivity contribution < 1.29 is 0 Å². The average Bonchev–Trinajstić information content (AvgIpc) is 2.36. The van der Waals surface area contributed by atoms with E-state index < -0.39 is 0 Å². The molecule has 2 N–H and O–H groups in total. The maximum absolute atomic E-state index is 9.09. The van der Waals surface area contributed by atoms with Crippen molar-refractivity contribution in [2.24, 2.45) is 5.73 Å². The third kappa shape index (κ3) is 1.84. The van der Waals surface area contributed by atoms with Crippen LogP contribution in [-0.4, -0.2) is 0 Å². The van der Waals surface area contributed by atoms with Crippen LogP contribution >= 0.6 is 11.6 Å². The van der Waals surface area contributed by atoms with Crippen molar-refractivity contribution in [3.63, 3.8) is 0 Å². The molecule has 0 unspecified atom stereocenters. The molecule has 0 atom stereocenters. The van der Waals surface area contributed by atoms with E-state index >= 15 is 0 Å². The van der Waals surface area contributed by atoms with Crippen LogP contribution in [-0.2, 0) is 6.42 Å². The number of nitrogens with zero attached hydrogens (tertiary/aromatic N) is 1. The van der Waals surface area contributed by atoms with Gasteiger partial charge in [-0.3, -0.25) is 0 Å². The number of aryl methyl sites for hydroxylation is 1. The van der Waals surface area contributed by atoms with Crippen molar-refractivity contribution in [2.75, 3.05) is 0 Å². The normalized spacial score (nSPS) is 15.5. The van der Waals surface area contributed by atoms with Gasteiger partial charge in [0.25, 0.3) is 0 Å². The Morgan fingerprint density at radius 1 is 1.33 bits per heavy atom. The molecular formula is C12H11ClN2. The van der Waals surface area contributed by atoms with E-state index in [0.717, 1.165) is 30.4 Å². The Kier molecular flexibility index (Phi) is 2.66. The molecule has 0 bridgehead atoms. The zero-order valence-electron chi connectivity index (χ0n) is 8.26. The van der Waals surface area contributed by atoms with E-state index in [0.29, 0.717) is 16.3 Å². The van der Waals surface area contributed by atoms with Gasteiger partial charge in [0.2, 0.25) is 0 Å². The Labute approximate surface area is 94.0 Å². The fourth-order valence-electron chi connectivity index (χ4n) is 1.90. The van der Waals surface area contributed by atoms with Crippen LogP contribution in [0.15, 0.2) is 23.9 Å². The molecule has 1 aromatic carbocycles. The summed E-state index contributed by atoms with van der Waals surface area (Å²) in [7, 11) is 0. The van der Waals surface area contributed by atoms with Crippen LogP contribution in [0.1, 0.15) is 24.0 Å². The zero-order valence-corrected chi connectivity index (χ0v) is 9.01. The second kappa shape index (κ2) is 3.96. The van der Waals surface area contributed by atoms with E-state index in [1.807, 2.05) is 18.2 Å². The molecule has 0 aromatic heterocycles. The minimum absolute atomic E-state index is 0.588. The van der Waals surface area contributed by atoms with E-state index in [2.05, 4.69) is 6.07 Å². The van der Waals surface area contributed by atoms with E-state index in [1.54, 1.807) is 0 Å². The van der Waals surface area contributed by atoms with Crippen LogP contribution in [0.25, 0.3) is 5.57 Å². The summed E-state index contributed by atoms with van der Waals surface area (Å²) in [6.45, 7) is 0. The smallest absolute Gasteiger partial charge is 0.102 e. The highest BCUT2D eigenvalue weighted by atomic mass is 35.5. The molecule has 3 heteroatoms. The summed E-state index contributed by atoms with van der Waals surface area (Å²) >= 11 is 5.93. The van der Waals surface area contributed by atoms with Gasteiger partial charge >= 0.3 is 0 Å². The molecule has 0 amide bonds. The lowest BCUT2D eigenvalue weighted by atomic mass is 9.99. The zero-order chi connectivity index (χ0) is 10.8. The molecule has 0 radical (unpaired) electrons. The van der Waals surface area contributed by atoms with Crippen LogP contribution in [0, 0.1) is 11.3 Å². The van der Waals surface area contributed by atoms with Crippen molar-refractivity contribution in [1.29, 1.82) is 5.26 Å². The number of fused-ring (bicyclic) bond motifs is 1. The second-order valence-corrected chi connectivity index (χ2v) is 4.10. The lowest BCUT2D eigenvalue weighted by molar-refractivity contribution is 0.817. The molecule has 15 heavy (non-hydrogen) atoms. The summed E-state index contributed by atoms with van der Waals surface area (Å²) in [6.07, 6.45) is 2.74. The molecule has 0 aliphatic heterocycles. The van der Waals surface area contributed by atoms with Gasteiger partial charge in [0, 0.05) is 10.7 Å². The maximum Gasteiger partial charge on any atom is 0.102 e. The Balaban J connectivity index is 2.65. The van der Waals surface area contributed by atoms with Crippen molar-refractivity contribution >= 4 is 17.2 Å². The van der Waals surface area contributed by atoms with Gasteiger partial charge in [-0.05, 0) is 42.5 Å². The first-order chi connectivity index (χ1) is 7.22. The molecule has 76 valence electrons. The Morgan fingerprint density at radius 3 is 2.87 bits per heavy atom. The number of allylic oxidation sites excluding steroid dienone is 2. The third-order valence-corrected chi connectivity index (χ3v) is 2.90. The van der Waals surface area contributed by atoms with Gasteiger partial charge in [0.15, 0.2) is 0 Å². The van der Waals surface area contributed by atoms with Gasteiger partial charge in [0.1, 0.15) is 6.07 Å². The SMILES string of the molecule is N#CC1=C(N)CCCc2ccc(Cl)cc21. The Hall–Kier alpha value is -1.46. The van der Waals surface area contributed by atoms with Crippen molar-refractivity contribution in [3.8, 4) is 6.07 Å². The van der Waals surface area contributed by atoms with E-state index in [-0.39, 0.29) is 0 Å². The van der Waals surface area contributed by atoms with Crippen molar-refractivity contribution in [2.45, 2.75) is 19.3 Å². The standard InChI is InChI=1S/C12H11ClN2/c13-9-5-4-8-2-1-3-12(15)11(7-14)10(8)6-9/h4-6H,1-3,15H2. The highest BCUT2D eigenvalue weighted by molar-refractivity contribution is 6.30. The molecule has 1 aliphatic carbocycles. The van der Waals surface area contributed by atoms with E-state index in [9.17, 15) is 0 Å². The van der Waals surface area contributed by atoms with Gasteiger partial charge in [-0.2, -0.15) is 5.26 Å². The second-order valence-electron chi connectivity index (χ2n) is 3.67. The molecule has 2 nitrogen and oxygen atoms in total. The number of hydrogen-bond donors (Lipinski definition) is 1. The van der Waals surface area contributed by atoms with Gasteiger partial charge < -0.3 is 5.73 Å². The quantitative estimate of drug-likeness (QED) is 0.728. The highest BCUT2D eigenvalue weighted by Crippen LogP contribution is 2.29. The fraction of sp³-hybridized carbons (Fsp3) is 0.250. The number of rotatable bonds is 0. The molecule has 2 rings (SSSR count). The highest BCUT2D eigenvalue weighted by Gasteiger charge is 2.15. The third-order valence-electron chi connectivity index (χ3n) is 2.67. The number of halogens is 1. The van der Waals surface area contributed by atoms with E-state index in [4.69, 9.17) is 22.6 Å². The van der Waals surface area contributed by atoms with Gasteiger partial charge in [-0.1, -0.05) is 17.7 Å². The predicted octanol–water partition coefficient (Wildman–Crippen LogP) is 2.87. The lowest BCUT2D eigenvalue weighted by Crippen LogP contribution is -1.99. The van der Waals surface area contributed by atoms with Crippen LogP contribution < -0.4 is 5.73 Å². The number of benzene rings is 1. The van der Waals surface area contributed by atoms with Gasteiger partial charge in [-0.15, -0.1) is 0 Å². The summed E-state index contributed by atoms with van der Waals surface area (Å²) in [5, 5.41) is 9.74.